The van der Waals surface area contributed by atoms with Gasteiger partial charge in [-0.15, -0.1) is 0 Å². The minimum Gasteiger partial charge on any atom is -0.492 e. The van der Waals surface area contributed by atoms with E-state index in [1.54, 1.807) is 0 Å². The second kappa shape index (κ2) is 8.86. The molecule has 1 atom stereocenters. The Kier molecular flexibility index (Phi) is 6.29. The average Bonchev–Trinajstić information content (AvgIpc) is 2.68. The predicted octanol–water partition coefficient (Wildman–Crippen LogP) is 3.28. The summed E-state index contributed by atoms with van der Waals surface area (Å²) >= 11 is 0. The summed E-state index contributed by atoms with van der Waals surface area (Å²) in [6.45, 7) is 4.84. The van der Waals surface area contributed by atoms with Crippen molar-refractivity contribution in [3.05, 3.63) is 65.2 Å². The summed E-state index contributed by atoms with van der Waals surface area (Å²) in [6, 6.07) is 16.3. The molecule has 2 aromatic rings. The van der Waals surface area contributed by atoms with Gasteiger partial charge in [-0.25, -0.2) is 0 Å². The van der Waals surface area contributed by atoms with Gasteiger partial charge < -0.3 is 15.4 Å². The van der Waals surface area contributed by atoms with Gasteiger partial charge in [-0.05, 0) is 48.6 Å². The molecule has 2 N–H and O–H groups in total. The zero-order chi connectivity index (χ0) is 18.4. The third-order valence-electron chi connectivity index (χ3n) is 5.07. The number of benzene rings is 2. The number of piperidine rings is 1. The highest BCUT2D eigenvalue weighted by atomic mass is 16.5. The third-order valence-corrected chi connectivity index (χ3v) is 5.07. The number of nitrogens with zero attached hydrogens (tertiary/aromatic N) is 1. The van der Waals surface area contributed by atoms with Gasteiger partial charge in [0.05, 0.1) is 6.42 Å². The van der Waals surface area contributed by atoms with Crippen molar-refractivity contribution in [2.75, 3.05) is 26.2 Å². The van der Waals surface area contributed by atoms with Gasteiger partial charge in [0.2, 0.25) is 5.91 Å². The van der Waals surface area contributed by atoms with Crippen molar-refractivity contribution in [2.24, 2.45) is 5.73 Å². The number of carbonyl (C=O) groups is 1. The Bertz CT molecular complexity index is 727. The molecule has 0 aromatic heterocycles. The minimum atomic E-state index is 0.207. The van der Waals surface area contributed by atoms with E-state index >= 15 is 0 Å². The Morgan fingerprint density at radius 3 is 2.69 bits per heavy atom. The molecular weight excluding hydrogens is 324 g/mol. The van der Waals surface area contributed by atoms with E-state index in [-0.39, 0.29) is 5.91 Å². The van der Waals surface area contributed by atoms with E-state index in [0.29, 0.717) is 25.5 Å². The predicted molar refractivity (Wildman–Crippen MR) is 104 cm³/mol. The molecule has 0 unspecified atom stereocenters. The molecule has 0 bridgehead atoms. The van der Waals surface area contributed by atoms with Gasteiger partial charge in [0, 0.05) is 25.6 Å². The molecular formula is C22H28N2O2. The lowest BCUT2D eigenvalue weighted by Gasteiger charge is -2.34. The zero-order valence-corrected chi connectivity index (χ0v) is 15.5. The summed E-state index contributed by atoms with van der Waals surface area (Å²) < 4.78 is 5.49. The number of carbonyl (C=O) groups excluding carboxylic acids is 1. The first-order chi connectivity index (χ1) is 12.7. The molecule has 1 aliphatic rings. The molecule has 4 nitrogen and oxygen atoms in total. The standard InChI is InChI=1S/C22H28N2O2/c1-17-5-2-3-7-21(17)19-6-4-13-24(16-19)22(25)15-18-8-10-20(11-9-18)26-14-12-23/h2-3,5,7-11,19H,4,6,12-16,23H2,1H3/t19-/m0/s1. The van der Waals surface area contributed by atoms with E-state index in [1.165, 1.54) is 11.1 Å². The summed E-state index contributed by atoms with van der Waals surface area (Å²) in [7, 11) is 0. The fourth-order valence-corrected chi connectivity index (χ4v) is 3.67. The highest BCUT2D eigenvalue weighted by Gasteiger charge is 2.25. The van der Waals surface area contributed by atoms with Crippen molar-refractivity contribution in [3.8, 4) is 5.75 Å². The summed E-state index contributed by atoms with van der Waals surface area (Å²) in [5.74, 6) is 1.45. The van der Waals surface area contributed by atoms with Crippen LogP contribution in [-0.2, 0) is 11.2 Å². The van der Waals surface area contributed by atoms with Crippen LogP contribution in [0, 0.1) is 6.92 Å². The first kappa shape index (κ1) is 18.5. The lowest BCUT2D eigenvalue weighted by Crippen LogP contribution is -2.40. The molecule has 0 radical (unpaired) electrons. The summed E-state index contributed by atoms with van der Waals surface area (Å²) in [5, 5.41) is 0. The number of rotatable bonds is 6. The summed E-state index contributed by atoms with van der Waals surface area (Å²) in [4.78, 5) is 14.8. The Balaban J connectivity index is 1.60. The minimum absolute atomic E-state index is 0.207. The van der Waals surface area contributed by atoms with Crippen LogP contribution in [0.4, 0.5) is 0 Å². The Labute approximate surface area is 156 Å². The van der Waals surface area contributed by atoms with Crippen molar-refractivity contribution >= 4 is 5.91 Å². The summed E-state index contributed by atoms with van der Waals surface area (Å²) in [5.41, 5.74) is 9.16. The molecule has 26 heavy (non-hydrogen) atoms. The number of hydrogen-bond acceptors (Lipinski definition) is 3. The number of amides is 1. The van der Waals surface area contributed by atoms with Crippen LogP contribution in [-0.4, -0.2) is 37.0 Å². The number of hydrogen-bond donors (Lipinski definition) is 1. The van der Waals surface area contributed by atoms with E-state index in [4.69, 9.17) is 10.5 Å². The SMILES string of the molecule is Cc1ccccc1[C@H]1CCCN(C(=O)Cc2ccc(OCCN)cc2)C1. The van der Waals surface area contributed by atoms with Crippen LogP contribution in [0.5, 0.6) is 5.75 Å². The monoisotopic (exact) mass is 352 g/mol. The molecule has 2 aromatic carbocycles. The molecule has 0 spiro atoms. The molecule has 1 amide bonds. The zero-order valence-electron chi connectivity index (χ0n) is 15.5. The molecule has 3 rings (SSSR count). The lowest BCUT2D eigenvalue weighted by molar-refractivity contribution is -0.131. The van der Waals surface area contributed by atoms with Crippen molar-refractivity contribution in [2.45, 2.75) is 32.1 Å². The van der Waals surface area contributed by atoms with Crippen LogP contribution in [0.2, 0.25) is 0 Å². The second-order valence-corrected chi connectivity index (χ2v) is 6.99. The van der Waals surface area contributed by atoms with Crippen LogP contribution >= 0.6 is 0 Å². The van der Waals surface area contributed by atoms with Gasteiger partial charge >= 0.3 is 0 Å². The van der Waals surface area contributed by atoms with Crippen LogP contribution in [0.25, 0.3) is 0 Å². The van der Waals surface area contributed by atoms with Crippen molar-refractivity contribution in [1.29, 1.82) is 0 Å². The van der Waals surface area contributed by atoms with Gasteiger partial charge in [0.25, 0.3) is 0 Å². The number of ether oxygens (including phenoxy) is 1. The molecule has 0 aliphatic carbocycles. The van der Waals surface area contributed by atoms with Crippen LogP contribution in [0.3, 0.4) is 0 Å². The molecule has 1 fully saturated rings. The van der Waals surface area contributed by atoms with E-state index < -0.39 is 0 Å². The van der Waals surface area contributed by atoms with Crippen LogP contribution in [0.1, 0.15) is 35.4 Å². The van der Waals surface area contributed by atoms with Gasteiger partial charge in [-0.3, -0.25) is 4.79 Å². The Morgan fingerprint density at radius 1 is 1.19 bits per heavy atom. The molecule has 1 aliphatic heterocycles. The smallest absolute Gasteiger partial charge is 0.227 e. The quantitative estimate of drug-likeness (QED) is 0.868. The third kappa shape index (κ3) is 4.64. The average molecular weight is 352 g/mol. The first-order valence-corrected chi connectivity index (χ1v) is 9.42. The molecule has 0 saturated carbocycles. The number of aryl methyl sites for hydroxylation is 1. The fraction of sp³-hybridized carbons (Fsp3) is 0.409. The summed E-state index contributed by atoms with van der Waals surface area (Å²) in [6.07, 6.45) is 2.66. The number of likely N-dealkylation sites (tertiary alicyclic amines) is 1. The second-order valence-electron chi connectivity index (χ2n) is 6.99. The van der Waals surface area contributed by atoms with Crippen LogP contribution in [0.15, 0.2) is 48.5 Å². The maximum Gasteiger partial charge on any atom is 0.227 e. The first-order valence-electron chi connectivity index (χ1n) is 9.42. The van der Waals surface area contributed by atoms with E-state index in [2.05, 4.69) is 31.2 Å². The Hall–Kier alpha value is -2.33. The van der Waals surface area contributed by atoms with Crippen molar-refractivity contribution < 1.29 is 9.53 Å². The highest BCUT2D eigenvalue weighted by Crippen LogP contribution is 2.29. The normalized spacial score (nSPS) is 17.2. The molecule has 1 heterocycles. The highest BCUT2D eigenvalue weighted by molar-refractivity contribution is 5.79. The lowest BCUT2D eigenvalue weighted by atomic mass is 9.88. The maximum atomic E-state index is 12.8. The van der Waals surface area contributed by atoms with Crippen molar-refractivity contribution in [1.82, 2.24) is 4.90 Å². The van der Waals surface area contributed by atoms with E-state index in [1.807, 2.05) is 29.2 Å². The van der Waals surface area contributed by atoms with E-state index in [9.17, 15) is 4.79 Å². The largest absolute Gasteiger partial charge is 0.492 e. The van der Waals surface area contributed by atoms with Gasteiger partial charge in [-0.2, -0.15) is 0 Å². The van der Waals surface area contributed by atoms with Gasteiger partial charge in [0.15, 0.2) is 0 Å². The topological polar surface area (TPSA) is 55.6 Å². The molecule has 1 saturated heterocycles. The molecule has 138 valence electrons. The van der Waals surface area contributed by atoms with Gasteiger partial charge in [0.1, 0.15) is 12.4 Å². The fourth-order valence-electron chi connectivity index (χ4n) is 3.67. The maximum absolute atomic E-state index is 12.8. The van der Waals surface area contributed by atoms with Gasteiger partial charge in [-0.1, -0.05) is 36.4 Å². The number of nitrogens with two attached hydrogens (primary N) is 1. The van der Waals surface area contributed by atoms with E-state index in [0.717, 1.165) is 37.2 Å². The Morgan fingerprint density at radius 2 is 1.96 bits per heavy atom. The van der Waals surface area contributed by atoms with Crippen LogP contribution < -0.4 is 10.5 Å². The van der Waals surface area contributed by atoms with Crippen molar-refractivity contribution in [3.63, 3.8) is 0 Å². The molecule has 4 heteroatoms.